The smallest absolute Gasteiger partial charge is 0.00412 e. The minimum absolute atomic E-state index is 0.418. The van der Waals surface area contributed by atoms with Gasteiger partial charge in [-0.3, -0.25) is 0 Å². The molecule has 0 saturated heterocycles. The van der Waals surface area contributed by atoms with Gasteiger partial charge in [-0.05, 0) is 38.8 Å². The van der Waals surface area contributed by atoms with Crippen LogP contribution < -0.4 is 11.1 Å². The Morgan fingerprint density at radius 1 is 1.33 bits per heavy atom. The summed E-state index contributed by atoms with van der Waals surface area (Å²) >= 11 is 0. The Bertz CT molecular complexity index is 93.8. The third-order valence-corrected chi connectivity index (χ3v) is 2.25. The van der Waals surface area contributed by atoms with Crippen molar-refractivity contribution in [2.75, 3.05) is 13.6 Å². The maximum Gasteiger partial charge on any atom is 0.00412 e. The second-order valence-electron chi connectivity index (χ2n) is 3.78. The van der Waals surface area contributed by atoms with Gasteiger partial charge in [0.05, 0.1) is 0 Å². The van der Waals surface area contributed by atoms with Crippen molar-refractivity contribution >= 4 is 0 Å². The molecule has 74 valence electrons. The quantitative estimate of drug-likeness (QED) is 0.614. The van der Waals surface area contributed by atoms with Gasteiger partial charge in [-0.1, -0.05) is 20.3 Å². The molecule has 0 amide bonds. The third-order valence-electron chi connectivity index (χ3n) is 2.25. The Kier molecular flexibility index (Phi) is 7.51. The van der Waals surface area contributed by atoms with E-state index in [1.807, 2.05) is 7.05 Å². The molecule has 0 fully saturated rings. The van der Waals surface area contributed by atoms with Crippen LogP contribution in [0.2, 0.25) is 0 Å². The predicted octanol–water partition coefficient (Wildman–Crippen LogP) is 1.75. The van der Waals surface area contributed by atoms with Crippen molar-refractivity contribution in [2.45, 2.75) is 45.6 Å². The molecule has 0 radical (unpaired) electrons. The lowest BCUT2D eigenvalue weighted by Gasteiger charge is -2.16. The van der Waals surface area contributed by atoms with Gasteiger partial charge in [0.25, 0.3) is 0 Å². The fourth-order valence-corrected chi connectivity index (χ4v) is 1.51. The molecule has 3 N–H and O–H groups in total. The molecule has 0 aromatic carbocycles. The topological polar surface area (TPSA) is 38.0 Å². The molecule has 0 aromatic rings. The minimum atomic E-state index is 0.418. The first kappa shape index (κ1) is 11.9. The van der Waals surface area contributed by atoms with Crippen LogP contribution in [-0.4, -0.2) is 19.6 Å². The fraction of sp³-hybridized carbons (Fsp3) is 1.00. The SMILES string of the molecule is CCCC(N)C[C@H](C)CCNC. The summed E-state index contributed by atoms with van der Waals surface area (Å²) in [5.74, 6) is 0.763. The summed E-state index contributed by atoms with van der Waals surface area (Å²) < 4.78 is 0. The van der Waals surface area contributed by atoms with E-state index < -0.39 is 0 Å². The highest BCUT2D eigenvalue weighted by Gasteiger charge is 2.07. The lowest BCUT2D eigenvalue weighted by atomic mass is 9.96. The maximum absolute atomic E-state index is 5.94. The van der Waals surface area contributed by atoms with Gasteiger partial charge in [0.2, 0.25) is 0 Å². The molecule has 0 rings (SSSR count). The molecule has 0 saturated carbocycles. The van der Waals surface area contributed by atoms with Crippen molar-refractivity contribution in [2.24, 2.45) is 11.7 Å². The minimum Gasteiger partial charge on any atom is -0.328 e. The van der Waals surface area contributed by atoms with E-state index in [1.165, 1.54) is 25.7 Å². The zero-order chi connectivity index (χ0) is 9.40. The van der Waals surface area contributed by atoms with Crippen LogP contribution in [0, 0.1) is 5.92 Å². The molecule has 2 heteroatoms. The lowest BCUT2D eigenvalue weighted by Crippen LogP contribution is -2.23. The van der Waals surface area contributed by atoms with Gasteiger partial charge in [-0.2, -0.15) is 0 Å². The van der Waals surface area contributed by atoms with Gasteiger partial charge in [0, 0.05) is 6.04 Å². The Hall–Kier alpha value is -0.0800. The van der Waals surface area contributed by atoms with E-state index in [4.69, 9.17) is 5.73 Å². The van der Waals surface area contributed by atoms with Crippen molar-refractivity contribution in [3.8, 4) is 0 Å². The summed E-state index contributed by atoms with van der Waals surface area (Å²) in [5.41, 5.74) is 5.94. The maximum atomic E-state index is 5.94. The molecule has 0 aliphatic carbocycles. The molecule has 0 aromatic heterocycles. The van der Waals surface area contributed by atoms with Crippen molar-refractivity contribution in [1.29, 1.82) is 0 Å². The molecular formula is C10H24N2. The Morgan fingerprint density at radius 3 is 2.50 bits per heavy atom. The molecular weight excluding hydrogens is 148 g/mol. The van der Waals surface area contributed by atoms with Crippen molar-refractivity contribution in [3.63, 3.8) is 0 Å². The van der Waals surface area contributed by atoms with E-state index in [0.29, 0.717) is 6.04 Å². The van der Waals surface area contributed by atoms with Crippen LogP contribution in [0.4, 0.5) is 0 Å². The van der Waals surface area contributed by atoms with Gasteiger partial charge in [-0.25, -0.2) is 0 Å². The number of rotatable bonds is 7. The first-order valence-corrected chi connectivity index (χ1v) is 5.10. The molecule has 0 bridgehead atoms. The molecule has 2 atom stereocenters. The van der Waals surface area contributed by atoms with Gasteiger partial charge in [0.15, 0.2) is 0 Å². The summed E-state index contributed by atoms with van der Waals surface area (Å²) in [6.45, 7) is 5.59. The number of hydrogen-bond acceptors (Lipinski definition) is 2. The van der Waals surface area contributed by atoms with Crippen LogP contribution in [-0.2, 0) is 0 Å². The average molecular weight is 172 g/mol. The van der Waals surface area contributed by atoms with Crippen LogP contribution in [0.5, 0.6) is 0 Å². The van der Waals surface area contributed by atoms with Crippen LogP contribution in [0.15, 0.2) is 0 Å². The van der Waals surface area contributed by atoms with Crippen molar-refractivity contribution in [1.82, 2.24) is 5.32 Å². The van der Waals surface area contributed by atoms with Gasteiger partial charge < -0.3 is 11.1 Å². The summed E-state index contributed by atoms with van der Waals surface area (Å²) in [6, 6.07) is 0.418. The van der Waals surface area contributed by atoms with Gasteiger partial charge in [0.1, 0.15) is 0 Å². The van der Waals surface area contributed by atoms with Gasteiger partial charge in [-0.15, -0.1) is 0 Å². The van der Waals surface area contributed by atoms with E-state index in [2.05, 4.69) is 19.2 Å². The van der Waals surface area contributed by atoms with E-state index in [0.717, 1.165) is 12.5 Å². The number of nitrogens with one attached hydrogen (secondary N) is 1. The zero-order valence-electron chi connectivity index (χ0n) is 8.77. The molecule has 12 heavy (non-hydrogen) atoms. The Morgan fingerprint density at radius 2 is 2.00 bits per heavy atom. The highest BCUT2D eigenvalue weighted by Crippen LogP contribution is 2.11. The zero-order valence-corrected chi connectivity index (χ0v) is 8.77. The second kappa shape index (κ2) is 7.56. The first-order valence-electron chi connectivity index (χ1n) is 5.10. The molecule has 0 spiro atoms. The molecule has 0 aliphatic rings. The van der Waals surface area contributed by atoms with E-state index in [-0.39, 0.29) is 0 Å². The van der Waals surface area contributed by atoms with Crippen molar-refractivity contribution < 1.29 is 0 Å². The van der Waals surface area contributed by atoms with Crippen molar-refractivity contribution in [3.05, 3.63) is 0 Å². The standard InChI is InChI=1S/C10H24N2/c1-4-5-10(11)8-9(2)6-7-12-3/h9-10,12H,4-8,11H2,1-3H3/t9-,10?/m1/s1. The second-order valence-corrected chi connectivity index (χ2v) is 3.78. The van der Waals surface area contributed by atoms with Gasteiger partial charge >= 0.3 is 0 Å². The Labute approximate surface area is 76.9 Å². The monoisotopic (exact) mass is 172 g/mol. The van der Waals surface area contributed by atoms with Crippen LogP contribution in [0.1, 0.15) is 39.5 Å². The van der Waals surface area contributed by atoms with Crippen LogP contribution in [0.25, 0.3) is 0 Å². The molecule has 0 heterocycles. The van der Waals surface area contributed by atoms with Crippen LogP contribution >= 0.6 is 0 Å². The largest absolute Gasteiger partial charge is 0.328 e. The summed E-state index contributed by atoms with van der Waals surface area (Å²) in [5, 5.41) is 3.16. The van der Waals surface area contributed by atoms with E-state index in [1.54, 1.807) is 0 Å². The van der Waals surface area contributed by atoms with Crippen LogP contribution in [0.3, 0.4) is 0 Å². The molecule has 1 unspecified atom stereocenters. The molecule has 0 aliphatic heterocycles. The highest BCUT2D eigenvalue weighted by atomic mass is 14.8. The van der Waals surface area contributed by atoms with E-state index in [9.17, 15) is 0 Å². The number of hydrogen-bond donors (Lipinski definition) is 2. The fourth-order valence-electron chi connectivity index (χ4n) is 1.51. The highest BCUT2D eigenvalue weighted by molar-refractivity contribution is 4.65. The summed E-state index contributed by atoms with van der Waals surface area (Å²) in [4.78, 5) is 0. The average Bonchev–Trinajstić information content (AvgIpc) is 2.01. The molecule has 2 nitrogen and oxygen atoms in total. The summed E-state index contributed by atoms with van der Waals surface area (Å²) in [7, 11) is 2.00. The summed E-state index contributed by atoms with van der Waals surface area (Å²) in [6.07, 6.45) is 4.80. The Balaban J connectivity index is 3.33. The predicted molar refractivity (Wildman–Crippen MR) is 55.2 cm³/mol. The third kappa shape index (κ3) is 6.62. The number of nitrogens with two attached hydrogens (primary N) is 1. The lowest BCUT2D eigenvalue weighted by molar-refractivity contribution is 0.416. The van der Waals surface area contributed by atoms with E-state index >= 15 is 0 Å². The normalized spacial score (nSPS) is 16.0. The first-order chi connectivity index (χ1) is 5.70.